The molecule has 0 aliphatic carbocycles. The summed E-state index contributed by atoms with van der Waals surface area (Å²) in [6.45, 7) is 20.7. The van der Waals surface area contributed by atoms with Gasteiger partial charge < -0.3 is 14.6 Å². The quantitative estimate of drug-likeness (QED) is 0.383. The van der Waals surface area contributed by atoms with E-state index in [4.69, 9.17) is 23.1 Å². The van der Waals surface area contributed by atoms with Crippen molar-refractivity contribution in [3.8, 4) is 23.8 Å². The van der Waals surface area contributed by atoms with Crippen LogP contribution in [0.5, 0.6) is 0 Å². The average Bonchev–Trinajstić information content (AvgIpc) is 3.51. The van der Waals surface area contributed by atoms with Crippen molar-refractivity contribution < 1.29 is 0 Å². The van der Waals surface area contributed by atoms with E-state index in [2.05, 4.69) is 19.7 Å². The fourth-order valence-corrected chi connectivity index (χ4v) is 3.82. The van der Waals surface area contributed by atoms with E-state index < -0.39 is 5.41 Å². The van der Waals surface area contributed by atoms with Gasteiger partial charge in [-0.05, 0) is 38.5 Å². The van der Waals surface area contributed by atoms with Crippen molar-refractivity contribution in [2.24, 2.45) is 0 Å². The molecule has 4 aromatic rings. The molecule has 0 saturated heterocycles. The van der Waals surface area contributed by atoms with Gasteiger partial charge in [-0.25, -0.2) is 19.5 Å². The molecule has 0 atom stereocenters. The molecular formula is C26H21N11. The first-order chi connectivity index (χ1) is 17.6. The average molecular weight is 488 g/mol. The predicted molar refractivity (Wildman–Crippen MR) is 136 cm³/mol. The summed E-state index contributed by atoms with van der Waals surface area (Å²) >= 11 is 0. The van der Waals surface area contributed by atoms with E-state index in [0.29, 0.717) is 23.0 Å². The van der Waals surface area contributed by atoms with Crippen LogP contribution in [0.2, 0.25) is 0 Å². The van der Waals surface area contributed by atoms with Gasteiger partial charge in [0, 0.05) is 37.3 Å². The first-order valence-corrected chi connectivity index (χ1v) is 11.0. The second kappa shape index (κ2) is 9.26. The van der Waals surface area contributed by atoms with E-state index in [1.165, 1.54) is 21.8 Å². The van der Waals surface area contributed by atoms with Crippen LogP contribution in [0, 0.1) is 42.7 Å². The minimum Gasteiger partial charge on any atom is -0.377 e. The third-order valence-corrected chi connectivity index (χ3v) is 5.96. The van der Waals surface area contributed by atoms with Crippen LogP contribution in [0.25, 0.3) is 21.3 Å². The summed E-state index contributed by atoms with van der Waals surface area (Å²) in [5, 5.41) is 19.0. The van der Waals surface area contributed by atoms with Gasteiger partial charge in [-0.1, -0.05) is 18.1 Å². The van der Waals surface area contributed by atoms with Crippen LogP contribution in [-0.4, -0.2) is 43.2 Å². The predicted octanol–water partition coefficient (Wildman–Crippen LogP) is 4.39. The number of nitriles is 2. The van der Waals surface area contributed by atoms with Gasteiger partial charge in [-0.3, -0.25) is 4.57 Å². The van der Waals surface area contributed by atoms with Crippen molar-refractivity contribution in [3.63, 3.8) is 0 Å². The van der Waals surface area contributed by atoms with Crippen molar-refractivity contribution in [2.75, 3.05) is 19.0 Å². The zero-order valence-corrected chi connectivity index (χ0v) is 20.9. The number of anilines is 1. The summed E-state index contributed by atoms with van der Waals surface area (Å²) in [7, 11) is 3.80. The Morgan fingerprint density at radius 2 is 1.54 bits per heavy atom. The molecule has 0 spiro atoms. The second-order valence-electron chi connectivity index (χ2n) is 9.00. The maximum atomic E-state index is 9.64. The number of nitrogens with zero attached hydrogens (tertiary/aromatic N) is 11. The van der Waals surface area contributed by atoms with Gasteiger partial charge in [0.05, 0.1) is 11.4 Å². The van der Waals surface area contributed by atoms with Crippen LogP contribution in [0.4, 0.5) is 17.3 Å². The van der Waals surface area contributed by atoms with Crippen molar-refractivity contribution in [1.29, 1.82) is 10.5 Å². The number of rotatable bonds is 5. The van der Waals surface area contributed by atoms with Gasteiger partial charge in [-0.2, -0.15) is 10.5 Å². The zero-order chi connectivity index (χ0) is 26.9. The Kier molecular flexibility index (Phi) is 6.16. The first kappa shape index (κ1) is 24.6. The van der Waals surface area contributed by atoms with Gasteiger partial charge in [0.2, 0.25) is 5.82 Å². The molecule has 180 valence electrons. The number of hydrogen-bond donors (Lipinski definition) is 0. The molecule has 0 radical (unpaired) electrons. The highest BCUT2D eigenvalue weighted by molar-refractivity contribution is 5.65. The van der Waals surface area contributed by atoms with Crippen LogP contribution in [-0.2, 0) is 5.41 Å². The smallest absolute Gasteiger partial charge is 0.293 e. The molecule has 0 aliphatic rings. The number of aryl methyl sites for hydroxylation is 1. The Bertz CT molecular complexity index is 1690. The van der Waals surface area contributed by atoms with Crippen LogP contribution in [0.15, 0.2) is 36.9 Å². The fraction of sp³-hybridized carbons (Fsp3) is 0.231. The number of imidazole rings is 2. The Morgan fingerprint density at radius 1 is 0.892 bits per heavy atom. The molecular weight excluding hydrogens is 466 g/mol. The summed E-state index contributed by atoms with van der Waals surface area (Å²) in [5.41, 5.74) is 2.53. The Labute approximate surface area is 214 Å². The third kappa shape index (κ3) is 4.23. The maximum absolute atomic E-state index is 9.64. The summed E-state index contributed by atoms with van der Waals surface area (Å²) in [5.74, 6) is 1.04. The third-order valence-electron chi connectivity index (χ3n) is 5.96. The molecule has 0 unspecified atom stereocenters. The molecule has 0 fully saturated rings. The lowest BCUT2D eigenvalue weighted by molar-refractivity contribution is 0.590. The van der Waals surface area contributed by atoms with Crippen LogP contribution < -0.4 is 4.90 Å². The Hall–Kier alpha value is -5.52. The van der Waals surface area contributed by atoms with Gasteiger partial charge in [0.1, 0.15) is 24.3 Å². The molecule has 0 aliphatic heterocycles. The molecule has 0 amide bonds. The van der Waals surface area contributed by atoms with Gasteiger partial charge in [0.25, 0.3) is 18.0 Å². The van der Waals surface area contributed by atoms with E-state index in [0.717, 1.165) is 11.3 Å². The minimum atomic E-state index is -0.714. The Morgan fingerprint density at radius 3 is 2.14 bits per heavy atom. The second-order valence-corrected chi connectivity index (χ2v) is 9.00. The summed E-state index contributed by atoms with van der Waals surface area (Å²) in [6, 6.07) is 11.5. The molecule has 0 aromatic carbocycles. The van der Waals surface area contributed by atoms with E-state index in [9.17, 15) is 10.5 Å². The molecule has 0 N–H and O–H groups in total. The van der Waals surface area contributed by atoms with Crippen molar-refractivity contribution in [3.05, 3.63) is 88.1 Å². The van der Waals surface area contributed by atoms with E-state index in [-0.39, 0.29) is 23.0 Å². The lowest BCUT2D eigenvalue weighted by Gasteiger charge is -2.27. The normalized spacial score (nSPS) is 10.7. The van der Waals surface area contributed by atoms with Crippen LogP contribution in [0.1, 0.15) is 42.2 Å². The maximum Gasteiger partial charge on any atom is 0.293 e. The number of hydrogen-bond acceptors (Lipinski definition) is 7. The van der Waals surface area contributed by atoms with E-state index in [1.807, 2.05) is 76.2 Å². The highest BCUT2D eigenvalue weighted by atomic mass is 15.2. The standard InChI is InChI=1S/C26H21N11/c1-16-8-20(33-22(9-16)37-15-32-24(29-4)25(37)30-5)26(2,3)21-10-17(35(6)7)11-23(34-21)36-14-31-18(12-27)19(36)13-28/h8-11,14-15H,1-3,6-7H3. The first-order valence-electron chi connectivity index (χ1n) is 11.0. The highest BCUT2D eigenvalue weighted by Gasteiger charge is 2.30. The molecule has 11 heteroatoms. The largest absolute Gasteiger partial charge is 0.377 e. The SMILES string of the molecule is [C-]#[N+]c1ncn(-c2cc(C)cc(C(C)(C)c3cc(N(C)C)cc(-n4cnc(C#N)c4C#N)n3)n2)c1[N+]#[C-]. The van der Waals surface area contributed by atoms with Crippen molar-refractivity contribution >= 4 is 17.3 Å². The highest BCUT2D eigenvalue weighted by Crippen LogP contribution is 2.35. The van der Waals surface area contributed by atoms with Gasteiger partial charge in [-0.15, -0.1) is 0 Å². The van der Waals surface area contributed by atoms with Gasteiger partial charge in [0.15, 0.2) is 11.4 Å². The molecule has 37 heavy (non-hydrogen) atoms. The van der Waals surface area contributed by atoms with Gasteiger partial charge >= 0.3 is 0 Å². The lowest BCUT2D eigenvalue weighted by atomic mass is 9.84. The molecule has 0 bridgehead atoms. The number of aromatic nitrogens is 6. The zero-order valence-electron chi connectivity index (χ0n) is 20.9. The summed E-state index contributed by atoms with van der Waals surface area (Å²) in [6.07, 6.45) is 2.84. The molecule has 0 saturated carbocycles. The summed E-state index contributed by atoms with van der Waals surface area (Å²) in [4.78, 5) is 26.5. The molecule has 4 rings (SSSR count). The minimum absolute atomic E-state index is 0.0227. The number of pyridine rings is 2. The van der Waals surface area contributed by atoms with Crippen LogP contribution in [0.3, 0.4) is 0 Å². The molecule has 4 aromatic heterocycles. The topological polar surface area (TPSA) is 121 Å². The van der Waals surface area contributed by atoms with Crippen LogP contribution >= 0.6 is 0 Å². The van der Waals surface area contributed by atoms with E-state index >= 15 is 0 Å². The fourth-order valence-electron chi connectivity index (χ4n) is 3.82. The monoisotopic (exact) mass is 487 g/mol. The van der Waals surface area contributed by atoms with E-state index in [1.54, 1.807) is 0 Å². The summed E-state index contributed by atoms with van der Waals surface area (Å²) < 4.78 is 3.01. The van der Waals surface area contributed by atoms with Crippen molar-refractivity contribution in [2.45, 2.75) is 26.2 Å². The molecule has 11 nitrogen and oxygen atoms in total. The van der Waals surface area contributed by atoms with Crippen molar-refractivity contribution in [1.82, 2.24) is 29.1 Å². The Balaban J connectivity index is 1.91. The molecule has 4 heterocycles. The lowest BCUT2D eigenvalue weighted by Crippen LogP contribution is -2.25.